The molecule has 7 aliphatic rings. The summed E-state index contributed by atoms with van der Waals surface area (Å²) in [5.41, 5.74) is -14.7. The number of allylic oxidation sites excluding steroid dienone is 4. The number of ketones is 2. The third-order valence-electron chi connectivity index (χ3n) is 27.7. The van der Waals surface area contributed by atoms with E-state index in [1.165, 1.54) is 75.4 Å². The molecule has 4 fully saturated rings. The lowest BCUT2D eigenvalue weighted by molar-refractivity contribution is -0.408. The van der Waals surface area contributed by atoms with Gasteiger partial charge in [-0.3, -0.25) is 9.59 Å². The number of unbranched alkanes of at least 4 members (excludes halogenated alkanes) is 2. The van der Waals surface area contributed by atoms with E-state index in [1.807, 2.05) is 6.92 Å². The van der Waals surface area contributed by atoms with Crippen molar-refractivity contribution >= 4 is 17.5 Å². The van der Waals surface area contributed by atoms with Crippen molar-refractivity contribution in [3.05, 3.63) is 58.5 Å². The molecule has 1 aliphatic carbocycles. The topological polar surface area (TPSA) is 409 Å². The van der Waals surface area contributed by atoms with E-state index in [0.717, 1.165) is 12.8 Å². The van der Waals surface area contributed by atoms with Gasteiger partial charge >= 0.3 is 5.97 Å². The van der Waals surface area contributed by atoms with Crippen LogP contribution in [0.2, 0.25) is 0 Å². The molecule has 0 spiro atoms. The molecule has 21 atom stereocenters. The van der Waals surface area contributed by atoms with E-state index in [-0.39, 0.29) is 43.0 Å². The monoisotopic (exact) mass is 1360 g/mol. The van der Waals surface area contributed by atoms with Crippen LogP contribution in [0.15, 0.2) is 58.5 Å². The van der Waals surface area contributed by atoms with E-state index in [1.54, 1.807) is 112 Å². The van der Waals surface area contributed by atoms with Gasteiger partial charge in [-0.2, -0.15) is 0 Å². The summed E-state index contributed by atoms with van der Waals surface area (Å²) in [6.07, 6.45) is 10.4. The first-order valence-electron chi connectivity index (χ1n) is 33.6. The van der Waals surface area contributed by atoms with Gasteiger partial charge in [-0.1, -0.05) is 46.6 Å². The molecule has 25 heteroatoms. The molecule has 9 unspecified atom stereocenters. The molecule has 548 valence electrons. The molecule has 0 aromatic rings. The van der Waals surface area contributed by atoms with Crippen molar-refractivity contribution in [3.63, 3.8) is 0 Å². The van der Waals surface area contributed by atoms with Crippen molar-refractivity contribution < 1.29 is 103 Å². The SMILES string of the molecule is C/C=C/C1=CC2=CC3=C(C(=O)CCCCC)C(=O)OC3(C)C(=O)C2=CN1C1(C)[C@](C)(O)[C@](C)(O)C(C)(CO)O[C@@]1(C)COC[C@]1(C)C(C)(CO)O[C@@](C)(COC[C@]2(C)C(C)(CO)O[C@@](C)(COC[C@]3(C)C(C)(CO)O[C@@](C)(O)C(C)(N)[C@]3(C)O)C(C)(N)[C@]2(C)O)C(C)(N)[C@]1(C)O. The molecule has 4 saturated heterocycles. The quantitative estimate of drug-likeness (QED) is 0.0397. The molecule has 96 heavy (non-hydrogen) atoms. The standard InChI is InChI=1S/C71H118N4O21/c1-24-26-27-29-47(80)48-46-31-43-30-44(28-25-2)75(32-45(43)49(81)61(46,13)92-50(48)82)65(17)60(12,95-57(9,36-79)69(21,86)70(65,22)87)42-91-38-52(4)55(7,34-77)94-58(10,63(15,73)67(52,19)84)40-89-37-51(3)54(6,33-76)93-59(11,62(14,72)66(51,18)83)41-90-39-53(5)56(8,35-78)96-71(23,88)64(16,74)68(53,20)85/h25,28,30-32,76-79,83-88H,24,26-27,29,33-42,72-74H2,1-23H3/b28-25+/t51-,52-,53-,54?,55?,56?,57?,58+,59+,60+,61?,62?,63?,64?,65?,66-,67-,68-,69-,70+,71-/m1/s1. The lowest BCUT2D eigenvalue weighted by atomic mass is 9.51. The largest absolute Gasteiger partial charge is 0.442 e. The maximum absolute atomic E-state index is 15.0. The second-order valence-electron chi connectivity index (χ2n) is 33.2. The average molecular weight is 1360 g/mol. The summed E-state index contributed by atoms with van der Waals surface area (Å²) >= 11 is 0. The normalized spacial score (nSPS) is 50.5. The van der Waals surface area contributed by atoms with Crippen LogP contribution in [0.5, 0.6) is 0 Å². The van der Waals surface area contributed by atoms with E-state index in [4.69, 9.17) is 55.1 Å². The van der Waals surface area contributed by atoms with Crippen molar-refractivity contribution in [1.29, 1.82) is 0 Å². The maximum Gasteiger partial charge on any atom is 0.343 e. The predicted molar refractivity (Wildman–Crippen MR) is 355 cm³/mol. The zero-order valence-electron chi connectivity index (χ0n) is 61.4. The number of Topliss-reactive ketones (excluding diaryl/α,β-unsaturated/α-hetero) is 2. The molecule has 6 aliphatic heterocycles. The summed E-state index contributed by atoms with van der Waals surface area (Å²) in [5, 5.41) is 121. The Labute approximate surface area is 567 Å². The zero-order chi connectivity index (χ0) is 73.8. The Morgan fingerprint density at radius 1 is 0.510 bits per heavy atom. The first-order valence-corrected chi connectivity index (χ1v) is 33.6. The van der Waals surface area contributed by atoms with Gasteiger partial charge < -0.3 is 111 Å². The minimum absolute atomic E-state index is 0.0462. The van der Waals surface area contributed by atoms with Crippen LogP contribution in [0.25, 0.3) is 0 Å². The van der Waals surface area contributed by atoms with Gasteiger partial charge in [0.15, 0.2) is 17.2 Å². The Morgan fingerprint density at radius 2 is 0.906 bits per heavy atom. The van der Waals surface area contributed by atoms with E-state index in [9.17, 15) is 60.7 Å². The lowest BCUT2D eigenvalue weighted by Gasteiger charge is -2.70. The first kappa shape index (κ1) is 79.8. The number of esters is 1. The Kier molecular flexibility index (Phi) is 20.0. The highest BCUT2D eigenvalue weighted by Gasteiger charge is 2.79. The average Bonchev–Trinajstić information content (AvgIpc) is 0.806. The molecular formula is C71H118N4O21. The molecule has 0 aromatic heterocycles. The smallest absolute Gasteiger partial charge is 0.343 e. The van der Waals surface area contributed by atoms with Gasteiger partial charge in [0, 0.05) is 29.5 Å². The van der Waals surface area contributed by atoms with Gasteiger partial charge in [0.1, 0.15) is 50.3 Å². The van der Waals surface area contributed by atoms with Crippen molar-refractivity contribution in [2.75, 3.05) is 66.1 Å². The highest BCUT2D eigenvalue weighted by molar-refractivity contribution is 6.25. The Morgan fingerprint density at radius 3 is 1.31 bits per heavy atom. The Balaban J connectivity index is 1.19. The molecule has 0 bridgehead atoms. The molecule has 0 saturated carbocycles. The number of rotatable bonds is 23. The molecule has 16 N–H and O–H groups in total. The van der Waals surface area contributed by atoms with E-state index in [0.29, 0.717) is 17.7 Å². The van der Waals surface area contributed by atoms with Crippen molar-refractivity contribution in [3.8, 4) is 0 Å². The highest BCUT2D eigenvalue weighted by Crippen LogP contribution is 2.63. The zero-order valence-corrected chi connectivity index (χ0v) is 61.4. The van der Waals surface area contributed by atoms with Gasteiger partial charge in [0.2, 0.25) is 5.78 Å². The first-order chi connectivity index (χ1) is 43.2. The molecular weight excluding hydrogens is 1240 g/mol. The van der Waals surface area contributed by atoms with Gasteiger partial charge in [0.25, 0.3) is 0 Å². The second-order valence-corrected chi connectivity index (χ2v) is 33.2. The molecule has 0 amide bonds. The van der Waals surface area contributed by atoms with E-state index in [2.05, 4.69) is 0 Å². The number of nitrogens with zero attached hydrogens (tertiary/aromatic N) is 1. The predicted octanol–water partition coefficient (Wildman–Crippen LogP) is 2.76. The van der Waals surface area contributed by atoms with Gasteiger partial charge in [-0.25, -0.2) is 4.79 Å². The fourth-order valence-corrected chi connectivity index (χ4v) is 17.0. The minimum Gasteiger partial charge on any atom is -0.442 e. The van der Waals surface area contributed by atoms with Crippen LogP contribution in [-0.2, 0) is 52.3 Å². The second kappa shape index (κ2) is 24.1. The summed E-state index contributed by atoms with van der Waals surface area (Å²) in [5.74, 6) is -4.09. The lowest BCUT2D eigenvalue weighted by Crippen LogP contribution is -2.88. The number of fused-ring (bicyclic) bond motifs is 2. The number of aliphatic hydroxyl groups is 10. The number of carbonyl (C=O) groups excluding carboxylic acids is 3. The van der Waals surface area contributed by atoms with Crippen LogP contribution >= 0.6 is 0 Å². The molecule has 0 radical (unpaired) electrons. The van der Waals surface area contributed by atoms with Gasteiger partial charge in [-0.05, 0) is 162 Å². The van der Waals surface area contributed by atoms with Crippen molar-refractivity contribution in [2.24, 2.45) is 33.4 Å². The summed E-state index contributed by atoms with van der Waals surface area (Å²) in [6, 6.07) is 0. The Bertz CT molecular complexity index is 3240. The van der Waals surface area contributed by atoms with Crippen molar-refractivity contribution in [1.82, 2.24) is 4.90 Å². The number of nitrogens with two attached hydrogens (primary N) is 3. The third-order valence-corrected chi connectivity index (χ3v) is 27.7. The molecule has 25 nitrogen and oxygen atoms in total. The van der Waals surface area contributed by atoms with E-state index >= 15 is 4.79 Å². The fourth-order valence-electron chi connectivity index (χ4n) is 17.0. The van der Waals surface area contributed by atoms with Crippen LogP contribution < -0.4 is 17.2 Å². The third kappa shape index (κ3) is 10.1. The fraction of sp³-hybridized carbons (Fsp3) is 0.817. The number of aliphatic hydroxyl groups excluding tert-OH is 4. The molecule has 7 rings (SSSR count). The van der Waals surface area contributed by atoms with Crippen molar-refractivity contribution in [2.45, 2.75) is 286 Å². The number of ether oxygens (including phenoxy) is 8. The van der Waals surface area contributed by atoms with Crippen LogP contribution in [0, 0.1) is 16.2 Å². The van der Waals surface area contributed by atoms with Crippen LogP contribution in [0.1, 0.15) is 185 Å². The molecule has 6 heterocycles. The summed E-state index contributed by atoms with van der Waals surface area (Å²) in [7, 11) is 0. The number of hydrogen-bond donors (Lipinski definition) is 13. The summed E-state index contributed by atoms with van der Waals surface area (Å²) in [6.45, 7) is 30.4. The van der Waals surface area contributed by atoms with Crippen LogP contribution in [0.4, 0.5) is 0 Å². The molecule has 0 aromatic carbocycles. The number of carbonyl (C=O) groups is 3. The van der Waals surface area contributed by atoms with Crippen LogP contribution in [-0.4, -0.2) is 240 Å². The number of hydrogen-bond acceptors (Lipinski definition) is 25. The minimum atomic E-state index is -2.32. The maximum atomic E-state index is 15.0. The van der Waals surface area contributed by atoms with Gasteiger partial charge in [-0.15, -0.1) is 0 Å². The summed E-state index contributed by atoms with van der Waals surface area (Å²) < 4.78 is 52.6. The Hall–Kier alpha value is -3.49. The summed E-state index contributed by atoms with van der Waals surface area (Å²) in [4.78, 5) is 43.9. The highest BCUT2D eigenvalue weighted by atomic mass is 16.7. The van der Waals surface area contributed by atoms with Gasteiger partial charge in [0.05, 0.1) is 127 Å². The van der Waals surface area contributed by atoms with E-state index < -0.39 is 181 Å². The van der Waals surface area contributed by atoms with Crippen LogP contribution in [0.3, 0.4) is 0 Å².